The van der Waals surface area contributed by atoms with Gasteiger partial charge < -0.3 is 15.4 Å². The summed E-state index contributed by atoms with van der Waals surface area (Å²) in [7, 11) is 0. The summed E-state index contributed by atoms with van der Waals surface area (Å²) in [5, 5.41) is 5.94. The molecule has 1 saturated heterocycles. The lowest BCUT2D eigenvalue weighted by Gasteiger charge is -2.15. The number of rotatable bonds is 5. The zero-order valence-electron chi connectivity index (χ0n) is 11.2. The average Bonchev–Trinajstić information content (AvgIpc) is 2.77. The predicted octanol–water partition coefficient (Wildman–Crippen LogP) is 0.722. The summed E-state index contributed by atoms with van der Waals surface area (Å²) >= 11 is 0. The van der Waals surface area contributed by atoms with Gasteiger partial charge in [-0.25, -0.2) is 0 Å². The summed E-state index contributed by atoms with van der Waals surface area (Å²) in [5.74, 6) is -0.483. The fourth-order valence-corrected chi connectivity index (χ4v) is 1.71. The fraction of sp³-hybridized carbons (Fsp3) is 0.833. The lowest BCUT2D eigenvalue weighted by atomic mass is 10.1. The van der Waals surface area contributed by atoms with Crippen LogP contribution < -0.4 is 10.6 Å². The predicted molar refractivity (Wildman–Crippen MR) is 71.6 cm³/mol. The number of nitrogens with one attached hydrogen (secondary N) is 2. The summed E-state index contributed by atoms with van der Waals surface area (Å²) in [5.41, 5.74) is 0. The van der Waals surface area contributed by atoms with Gasteiger partial charge in [-0.15, -0.1) is 12.4 Å². The molecule has 0 radical (unpaired) electrons. The highest BCUT2D eigenvalue weighted by atomic mass is 35.5. The zero-order valence-corrected chi connectivity index (χ0v) is 12.0. The first-order valence-electron chi connectivity index (χ1n) is 6.19. The summed E-state index contributed by atoms with van der Waals surface area (Å²) in [6, 6.07) is 0. The van der Waals surface area contributed by atoms with Gasteiger partial charge in [0.15, 0.2) is 0 Å². The first kappa shape index (κ1) is 17.2. The van der Waals surface area contributed by atoms with Crippen molar-refractivity contribution in [1.29, 1.82) is 0 Å². The Balaban J connectivity index is 0.00000289. The number of amides is 1. The molecule has 2 atom stereocenters. The maximum absolute atomic E-state index is 11.7. The first-order chi connectivity index (χ1) is 8.00. The lowest BCUT2D eigenvalue weighted by molar-refractivity contribution is -0.151. The standard InChI is InChI=1S/C12H22N2O3.ClH/c1-8(2)17-12(16)9(3)6-14-11(15)10-4-5-13-7-10;/h8-10,13H,4-7H2,1-3H3,(H,14,15);1H. The largest absolute Gasteiger partial charge is 0.463 e. The van der Waals surface area contributed by atoms with Gasteiger partial charge in [0.25, 0.3) is 0 Å². The Morgan fingerprint density at radius 3 is 2.56 bits per heavy atom. The number of hydrogen-bond donors (Lipinski definition) is 2. The fourth-order valence-electron chi connectivity index (χ4n) is 1.71. The van der Waals surface area contributed by atoms with E-state index in [4.69, 9.17) is 4.74 Å². The van der Waals surface area contributed by atoms with Crippen LogP contribution in [0.15, 0.2) is 0 Å². The molecule has 2 N–H and O–H groups in total. The summed E-state index contributed by atoms with van der Waals surface area (Å²) in [4.78, 5) is 23.2. The van der Waals surface area contributed by atoms with Gasteiger partial charge in [0.05, 0.1) is 17.9 Å². The van der Waals surface area contributed by atoms with E-state index >= 15 is 0 Å². The third-order valence-electron chi connectivity index (χ3n) is 2.77. The van der Waals surface area contributed by atoms with Gasteiger partial charge in [0.1, 0.15) is 0 Å². The number of hydrogen-bond acceptors (Lipinski definition) is 4. The molecule has 0 spiro atoms. The second-order valence-corrected chi connectivity index (χ2v) is 4.82. The Morgan fingerprint density at radius 2 is 2.06 bits per heavy atom. The molecular formula is C12H23ClN2O3. The molecule has 0 aromatic heterocycles. The van der Waals surface area contributed by atoms with Crippen LogP contribution in [0.2, 0.25) is 0 Å². The quantitative estimate of drug-likeness (QED) is 0.728. The van der Waals surface area contributed by atoms with Crippen molar-refractivity contribution >= 4 is 24.3 Å². The van der Waals surface area contributed by atoms with Gasteiger partial charge in [-0.05, 0) is 26.8 Å². The number of ether oxygens (including phenoxy) is 1. The summed E-state index contributed by atoms with van der Waals surface area (Å²) in [6.45, 7) is 7.36. The number of carbonyl (C=O) groups excluding carboxylic acids is 2. The van der Waals surface area contributed by atoms with Gasteiger partial charge in [-0.2, -0.15) is 0 Å². The van der Waals surface area contributed by atoms with E-state index in [1.807, 2.05) is 13.8 Å². The van der Waals surface area contributed by atoms with Crippen LogP contribution in [0.3, 0.4) is 0 Å². The molecule has 1 rings (SSSR count). The molecule has 1 aliphatic rings. The van der Waals surface area contributed by atoms with Crippen molar-refractivity contribution in [1.82, 2.24) is 10.6 Å². The van der Waals surface area contributed by atoms with E-state index in [2.05, 4.69) is 10.6 Å². The van der Waals surface area contributed by atoms with Crippen LogP contribution >= 0.6 is 12.4 Å². The highest BCUT2D eigenvalue weighted by Gasteiger charge is 2.23. The molecule has 0 saturated carbocycles. The lowest BCUT2D eigenvalue weighted by Crippen LogP contribution is -2.37. The molecule has 1 aliphatic heterocycles. The molecular weight excluding hydrogens is 256 g/mol. The summed E-state index contributed by atoms with van der Waals surface area (Å²) in [6.07, 6.45) is 0.760. The molecule has 0 bridgehead atoms. The van der Waals surface area contributed by atoms with Gasteiger partial charge in [0.2, 0.25) is 5.91 Å². The molecule has 1 amide bonds. The van der Waals surface area contributed by atoms with E-state index < -0.39 is 0 Å². The van der Waals surface area contributed by atoms with Crippen LogP contribution in [0.5, 0.6) is 0 Å². The number of esters is 1. The second-order valence-electron chi connectivity index (χ2n) is 4.82. The maximum atomic E-state index is 11.7. The van der Waals surface area contributed by atoms with Crippen LogP contribution in [-0.4, -0.2) is 37.6 Å². The van der Waals surface area contributed by atoms with Crippen molar-refractivity contribution in [2.24, 2.45) is 11.8 Å². The Bertz CT molecular complexity index is 278. The Hall–Kier alpha value is -0.810. The van der Waals surface area contributed by atoms with Crippen molar-refractivity contribution < 1.29 is 14.3 Å². The van der Waals surface area contributed by atoms with E-state index in [1.54, 1.807) is 6.92 Å². The minimum atomic E-state index is -0.296. The van der Waals surface area contributed by atoms with E-state index in [1.165, 1.54) is 0 Å². The van der Waals surface area contributed by atoms with Crippen molar-refractivity contribution in [2.75, 3.05) is 19.6 Å². The topological polar surface area (TPSA) is 67.4 Å². The van der Waals surface area contributed by atoms with Crippen LogP contribution in [0, 0.1) is 11.8 Å². The van der Waals surface area contributed by atoms with Gasteiger partial charge in [-0.3, -0.25) is 9.59 Å². The first-order valence-corrected chi connectivity index (χ1v) is 6.19. The minimum absolute atomic E-state index is 0. The number of halogens is 1. The zero-order chi connectivity index (χ0) is 12.8. The Kier molecular flexibility index (Phi) is 7.95. The van der Waals surface area contributed by atoms with E-state index in [-0.39, 0.29) is 42.2 Å². The minimum Gasteiger partial charge on any atom is -0.463 e. The molecule has 0 aromatic rings. The summed E-state index contributed by atoms with van der Waals surface area (Å²) < 4.78 is 5.07. The molecule has 0 aromatic carbocycles. The molecule has 6 heteroatoms. The van der Waals surface area contributed by atoms with Gasteiger partial charge >= 0.3 is 5.97 Å². The average molecular weight is 279 g/mol. The van der Waals surface area contributed by atoms with Crippen molar-refractivity contribution in [2.45, 2.75) is 33.3 Å². The smallest absolute Gasteiger partial charge is 0.310 e. The molecule has 1 fully saturated rings. The third-order valence-corrected chi connectivity index (χ3v) is 2.77. The van der Waals surface area contributed by atoms with Gasteiger partial charge in [0, 0.05) is 13.1 Å². The SMILES string of the molecule is CC(C)OC(=O)C(C)CNC(=O)C1CCNC1.Cl. The normalized spacial score (nSPS) is 20.1. The highest BCUT2D eigenvalue weighted by molar-refractivity contribution is 5.85. The molecule has 106 valence electrons. The second kappa shape index (κ2) is 8.32. The van der Waals surface area contributed by atoms with Crippen LogP contribution in [0.1, 0.15) is 27.2 Å². The van der Waals surface area contributed by atoms with Crippen LogP contribution in [0.4, 0.5) is 0 Å². The molecule has 0 aliphatic carbocycles. The van der Waals surface area contributed by atoms with Crippen LogP contribution in [0.25, 0.3) is 0 Å². The number of carbonyl (C=O) groups is 2. The Morgan fingerprint density at radius 1 is 1.39 bits per heavy atom. The molecule has 2 unspecified atom stereocenters. The molecule has 18 heavy (non-hydrogen) atoms. The van der Waals surface area contributed by atoms with E-state index in [9.17, 15) is 9.59 Å². The monoisotopic (exact) mass is 278 g/mol. The van der Waals surface area contributed by atoms with Crippen molar-refractivity contribution in [3.05, 3.63) is 0 Å². The maximum Gasteiger partial charge on any atom is 0.310 e. The van der Waals surface area contributed by atoms with E-state index in [0.717, 1.165) is 19.5 Å². The highest BCUT2D eigenvalue weighted by Crippen LogP contribution is 2.07. The van der Waals surface area contributed by atoms with Crippen molar-refractivity contribution in [3.63, 3.8) is 0 Å². The third kappa shape index (κ3) is 5.69. The Labute approximate surface area is 114 Å². The van der Waals surface area contributed by atoms with Crippen molar-refractivity contribution in [3.8, 4) is 0 Å². The molecule has 1 heterocycles. The molecule has 5 nitrogen and oxygen atoms in total. The van der Waals surface area contributed by atoms with Gasteiger partial charge in [-0.1, -0.05) is 6.92 Å². The van der Waals surface area contributed by atoms with E-state index in [0.29, 0.717) is 6.54 Å². The van der Waals surface area contributed by atoms with Crippen LogP contribution in [-0.2, 0) is 14.3 Å².